The van der Waals surface area contributed by atoms with Gasteiger partial charge in [-0.15, -0.1) is 0 Å². The number of hydrogen-bond donors (Lipinski definition) is 1. The van der Waals surface area contributed by atoms with Crippen molar-refractivity contribution in [3.63, 3.8) is 0 Å². The highest BCUT2D eigenvalue weighted by molar-refractivity contribution is 4.83. The lowest BCUT2D eigenvalue weighted by Crippen LogP contribution is -2.14. The smallest absolute Gasteiger partial charge is 0.226 e. The maximum Gasteiger partial charge on any atom is 0.226 e. The summed E-state index contributed by atoms with van der Waals surface area (Å²) in [4.78, 5) is 4.10. The molecule has 0 saturated heterocycles. The van der Waals surface area contributed by atoms with Crippen molar-refractivity contribution >= 4 is 0 Å². The van der Waals surface area contributed by atoms with E-state index in [0.717, 1.165) is 13.0 Å². The lowest BCUT2D eigenvalue weighted by Gasteiger charge is -1.98. The normalized spacial score (nSPS) is 10.6. The molecule has 1 N–H and O–H groups in total. The molecule has 1 aromatic rings. The van der Waals surface area contributed by atoms with Crippen LogP contribution in [0.25, 0.3) is 0 Å². The Hall–Kier alpha value is -0.940. The van der Waals surface area contributed by atoms with Crippen molar-refractivity contribution in [3.05, 3.63) is 11.7 Å². The van der Waals surface area contributed by atoms with Gasteiger partial charge in [-0.2, -0.15) is 4.98 Å². The van der Waals surface area contributed by atoms with Crippen LogP contribution in [0.1, 0.15) is 18.6 Å². The molecule has 0 bridgehead atoms. The highest BCUT2D eigenvalue weighted by Crippen LogP contribution is 1.98. The summed E-state index contributed by atoms with van der Waals surface area (Å²) in [6, 6.07) is 0. The van der Waals surface area contributed by atoms with Crippen LogP contribution in [-0.4, -0.2) is 30.3 Å². The first kappa shape index (κ1) is 10.1. The molecule has 5 heteroatoms. The fourth-order valence-electron chi connectivity index (χ4n) is 0.830. The van der Waals surface area contributed by atoms with Gasteiger partial charge >= 0.3 is 0 Å². The van der Waals surface area contributed by atoms with Gasteiger partial charge < -0.3 is 14.6 Å². The topological polar surface area (TPSA) is 60.2 Å². The van der Waals surface area contributed by atoms with Gasteiger partial charge in [0.1, 0.15) is 6.61 Å². The molecular weight excluding hydrogens is 170 g/mol. The molecule has 0 aromatic carbocycles. The van der Waals surface area contributed by atoms with Gasteiger partial charge in [0.05, 0.1) is 6.61 Å². The second-order valence-electron chi connectivity index (χ2n) is 2.61. The Morgan fingerprint density at radius 3 is 3.00 bits per heavy atom. The Balaban J connectivity index is 2.20. The van der Waals surface area contributed by atoms with E-state index >= 15 is 0 Å². The lowest BCUT2D eigenvalue weighted by atomic mass is 10.5. The molecule has 0 unspecified atom stereocenters. The number of ether oxygens (including phenoxy) is 1. The number of rotatable bonds is 6. The molecular formula is C8H15N3O2. The third-order valence-electron chi connectivity index (χ3n) is 1.54. The van der Waals surface area contributed by atoms with E-state index in [1.54, 1.807) is 0 Å². The average Bonchev–Trinajstić information content (AvgIpc) is 2.60. The molecule has 0 aliphatic heterocycles. The van der Waals surface area contributed by atoms with Gasteiger partial charge in [0.2, 0.25) is 5.89 Å². The van der Waals surface area contributed by atoms with Crippen molar-refractivity contribution < 1.29 is 9.26 Å². The van der Waals surface area contributed by atoms with Crippen LogP contribution < -0.4 is 5.32 Å². The maximum absolute atomic E-state index is 5.27. The van der Waals surface area contributed by atoms with Gasteiger partial charge in [-0.25, -0.2) is 0 Å². The first-order valence-electron chi connectivity index (χ1n) is 4.40. The van der Waals surface area contributed by atoms with Gasteiger partial charge in [-0.1, -0.05) is 12.1 Å². The monoisotopic (exact) mass is 185 g/mol. The van der Waals surface area contributed by atoms with Crippen LogP contribution in [0, 0.1) is 0 Å². The van der Waals surface area contributed by atoms with Crippen LogP contribution in [0.15, 0.2) is 4.52 Å². The zero-order chi connectivity index (χ0) is 9.52. The van der Waals surface area contributed by atoms with E-state index < -0.39 is 0 Å². The largest absolute Gasteiger partial charge is 0.372 e. The molecule has 0 aliphatic rings. The summed E-state index contributed by atoms with van der Waals surface area (Å²) in [7, 11) is 1.88. The van der Waals surface area contributed by atoms with Crippen LogP contribution in [-0.2, 0) is 17.8 Å². The van der Waals surface area contributed by atoms with Crippen molar-refractivity contribution in [2.45, 2.75) is 20.0 Å². The van der Waals surface area contributed by atoms with E-state index in [4.69, 9.17) is 9.26 Å². The quantitative estimate of drug-likeness (QED) is 0.649. The summed E-state index contributed by atoms with van der Waals surface area (Å²) in [5.41, 5.74) is 0. The van der Waals surface area contributed by atoms with E-state index in [0.29, 0.717) is 24.9 Å². The second kappa shape index (κ2) is 5.66. The van der Waals surface area contributed by atoms with Crippen LogP contribution in [0.2, 0.25) is 0 Å². The second-order valence-corrected chi connectivity index (χ2v) is 2.61. The number of nitrogens with zero attached hydrogens (tertiary/aromatic N) is 2. The third kappa shape index (κ3) is 3.52. The van der Waals surface area contributed by atoms with Crippen molar-refractivity contribution in [1.82, 2.24) is 15.5 Å². The molecule has 1 rings (SSSR count). The van der Waals surface area contributed by atoms with Gasteiger partial charge in [0.25, 0.3) is 0 Å². The van der Waals surface area contributed by atoms with Gasteiger partial charge in [-0.05, 0) is 7.05 Å². The van der Waals surface area contributed by atoms with Crippen molar-refractivity contribution in [3.8, 4) is 0 Å². The molecule has 0 spiro atoms. The number of likely N-dealkylation sites (N-methyl/N-ethyl adjacent to an activating group) is 1. The van der Waals surface area contributed by atoms with E-state index in [2.05, 4.69) is 15.5 Å². The van der Waals surface area contributed by atoms with Crippen LogP contribution >= 0.6 is 0 Å². The van der Waals surface area contributed by atoms with E-state index in [1.807, 2.05) is 14.0 Å². The molecule has 1 heterocycles. The molecule has 5 nitrogen and oxygen atoms in total. The van der Waals surface area contributed by atoms with Crippen LogP contribution in [0.5, 0.6) is 0 Å². The minimum atomic E-state index is 0.422. The number of hydrogen-bond acceptors (Lipinski definition) is 5. The Labute approximate surface area is 77.5 Å². The lowest BCUT2D eigenvalue weighted by molar-refractivity contribution is 0.116. The summed E-state index contributed by atoms with van der Waals surface area (Å²) >= 11 is 0. The summed E-state index contributed by atoms with van der Waals surface area (Å²) < 4.78 is 10.2. The highest BCUT2D eigenvalue weighted by atomic mass is 16.5. The average molecular weight is 185 g/mol. The Morgan fingerprint density at radius 2 is 2.38 bits per heavy atom. The van der Waals surface area contributed by atoms with E-state index in [1.165, 1.54) is 0 Å². The van der Waals surface area contributed by atoms with E-state index in [9.17, 15) is 0 Å². The maximum atomic E-state index is 5.27. The molecule has 0 aliphatic carbocycles. The number of aromatic nitrogens is 2. The first-order chi connectivity index (χ1) is 6.36. The fraction of sp³-hybridized carbons (Fsp3) is 0.750. The first-order valence-corrected chi connectivity index (χ1v) is 4.40. The highest BCUT2D eigenvalue weighted by Gasteiger charge is 2.02. The predicted octanol–water partition coefficient (Wildman–Crippen LogP) is 0.368. The molecule has 13 heavy (non-hydrogen) atoms. The van der Waals surface area contributed by atoms with Crippen LogP contribution in [0.4, 0.5) is 0 Å². The molecule has 0 atom stereocenters. The molecule has 74 valence electrons. The van der Waals surface area contributed by atoms with Gasteiger partial charge in [0, 0.05) is 13.0 Å². The Bertz CT molecular complexity index is 237. The van der Waals surface area contributed by atoms with Gasteiger partial charge in [0.15, 0.2) is 5.82 Å². The zero-order valence-corrected chi connectivity index (χ0v) is 8.04. The number of aryl methyl sites for hydroxylation is 1. The Kier molecular flexibility index (Phi) is 4.42. The molecule has 0 radical (unpaired) electrons. The SMILES string of the molecule is CCc1nc(COCCNC)no1. The van der Waals surface area contributed by atoms with E-state index in [-0.39, 0.29) is 0 Å². The van der Waals surface area contributed by atoms with Crippen molar-refractivity contribution in [2.24, 2.45) is 0 Å². The summed E-state index contributed by atoms with van der Waals surface area (Å²) in [6.45, 7) is 3.88. The molecule has 1 aromatic heterocycles. The fourth-order valence-corrected chi connectivity index (χ4v) is 0.830. The zero-order valence-electron chi connectivity index (χ0n) is 8.04. The van der Waals surface area contributed by atoms with Crippen LogP contribution in [0.3, 0.4) is 0 Å². The number of nitrogens with one attached hydrogen (secondary N) is 1. The third-order valence-corrected chi connectivity index (χ3v) is 1.54. The summed E-state index contributed by atoms with van der Waals surface area (Å²) in [5, 5.41) is 6.73. The minimum absolute atomic E-state index is 0.422. The Morgan fingerprint density at radius 1 is 1.54 bits per heavy atom. The van der Waals surface area contributed by atoms with Crippen molar-refractivity contribution in [1.29, 1.82) is 0 Å². The molecule has 0 amide bonds. The predicted molar refractivity (Wildman–Crippen MR) is 47.3 cm³/mol. The standard InChI is InChI=1S/C8H15N3O2/c1-3-8-10-7(11-13-8)6-12-5-4-9-2/h9H,3-6H2,1-2H3. The summed E-state index contributed by atoms with van der Waals surface area (Å²) in [6.07, 6.45) is 0.767. The molecule has 0 fully saturated rings. The van der Waals surface area contributed by atoms with Crippen molar-refractivity contribution in [2.75, 3.05) is 20.2 Å². The molecule has 0 saturated carbocycles. The summed E-state index contributed by atoms with van der Waals surface area (Å²) in [5.74, 6) is 1.28. The minimum Gasteiger partial charge on any atom is -0.372 e. The van der Waals surface area contributed by atoms with Gasteiger partial charge in [-0.3, -0.25) is 0 Å².